The number of ether oxygens (including phenoxy) is 1. The summed E-state index contributed by atoms with van der Waals surface area (Å²) in [4.78, 5) is 37.0. The molecule has 0 spiro atoms. The van der Waals surface area contributed by atoms with E-state index < -0.39 is 0 Å². The van der Waals surface area contributed by atoms with Crippen LogP contribution in [-0.4, -0.2) is 48.8 Å². The third kappa shape index (κ3) is 5.16. The lowest BCUT2D eigenvalue weighted by Gasteiger charge is -2.32. The summed E-state index contributed by atoms with van der Waals surface area (Å²) in [5, 5.41) is 0. The van der Waals surface area contributed by atoms with Crippen LogP contribution in [0.3, 0.4) is 0 Å². The molecule has 8 heteroatoms. The van der Waals surface area contributed by atoms with Crippen molar-refractivity contribution in [3.63, 3.8) is 0 Å². The predicted molar refractivity (Wildman–Crippen MR) is 131 cm³/mol. The second kappa shape index (κ2) is 9.97. The van der Waals surface area contributed by atoms with Gasteiger partial charge >= 0.3 is 0 Å². The van der Waals surface area contributed by atoms with Gasteiger partial charge in [-0.25, -0.2) is 15.0 Å². The molecular formula is C27H26N6O2. The molecule has 8 nitrogen and oxygen atoms in total. The second-order valence-corrected chi connectivity index (χ2v) is 8.75. The first kappa shape index (κ1) is 22.6. The molecule has 3 aromatic heterocycles. The zero-order chi connectivity index (χ0) is 24.2. The number of carbonyl (C=O) groups excluding carboxylic acids is 1. The van der Waals surface area contributed by atoms with Crippen molar-refractivity contribution in [3.05, 3.63) is 90.2 Å². The molecule has 1 aliphatic heterocycles. The van der Waals surface area contributed by atoms with E-state index >= 15 is 0 Å². The maximum Gasteiger partial charge on any atom is 0.255 e. The minimum Gasteiger partial charge on any atom is -0.439 e. The Morgan fingerprint density at radius 2 is 1.77 bits per heavy atom. The van der Waals surface area contributed by atoms with Crippen LogP contribution in [0.15, 0.2) is 67.5 Å². The van der Waals surface area contributed by atoms with E-state index in [1.54, 1.807) is 24.8 Å². The Balaban J connectivity index is 1.34. The number of amides is 1. The van der Waals surface area contributed by atoms with Crippen molar-refractivity contribution < 1.29 is 9.53 Å². The highest BCUT2D eigenvalue weighted by Crippen LogP contribution is 2.29. The first-order valence-electron chi connectivity index (χ1n) is 11.7. The lowest BCUT2D eigenvalue weighted by atomic mass is 9.96. The fourth-order valence-corrected chi connectivity index (χ4v) is 4.30. The summed E-state index contributed by atoms with van der Waals surface area (Å²) in [6.07, 6.45) is 10.0. The van der Waals surface area contributed by atoms with E-state index in [-0.39, 0.29) is 11.8 Å². The van der Waals surface area contributed by atoms with Crippen LogP contribution >= 0.6 is 0 Å². The number of nitrogens with zero attached hydrogens (tertiary/aromatic N) is 6. The molecule has 0 radical (unpaired) electrons. The number of carbonyl (C=O) groups is 1. The second-order valence-electron chi connectivity index (χ2n) is 8.75. The van der Waals surface area contributed by atoms with E-state index in [1.165, 1.54) is 6.33 Å². The average molecular weight is 467 g/mol. The number of likely N-dealkylation sites (tertiary alicyclic amines) is 1. The number of rotatable bonds is 5. The molecule has 1 amide bonds. The molecule has 4 aromatic rings. The van der Waals surface area contributed by atoms with Gasteiger partial charge in [0.1, 0.15) is 17.9 Å². The zero-order valence-corrected chi connectivity index (χ0v) is 19.8. The first-order chi connectivity index (χ1) is 17.1. The molecule has 1 aromatic carbocycles. The third-order valence-corrected chi connectivity index (χ3v) is 6.11. The smallest absolute Gasteiger partial charge is 0.255 e. The highest BCUT2D eigenvalue weighted by molar-refractivity contribution is 5.95. The molecule has 0 saturated carbocycles. The Morgan fingerprint density at radius 1 is 0.971 bits per heavy atom. The van der Waals surface area contributed by atoms with Crippen molar-refractivity contribution in [3.8, 4) is 22.8 Å². The zero-order valence-electron chi connectivity index (χ0n) is 19.8. The Bertz CT molecular complexity index is 1340. The van der Waals surface area contributed by atoms with Crippen LogP contribution in [0.5, 0.6) is 11.6 Å². The summed E-state index contributed by atoms with van der Waals surface area (Å²) < 4.78 is 6.07. The van der Waals surface area contributed by atoms with E-state index in [0.717, 1.165) is 41.0 Å². The van der Waals surface area contributed by atoms with Crippen LogP contribution in [0.2, 0.25) is 0 Å². The molecule has 4 heterocycles. The van der Waals surface area contributed by atoms with Crippen LogP contribution < -0.4 is 4.74 Å². The SMILES string of the molecule is Cc1cc(Oc2ccccc2C)nc(C2CCCN(C(=O)c3cncc(-c4cncnc4)c3)C2)n1. The van der Waals surface area contributed by atoms with E-state index in [9.17, 15) is 4.79 Å². The van der Waals surface area contributed by atoms with Gasteiger partial charge in [-0.15, -0.1) is 0 Å². The van der Waals surface area contributed by atoms with Gasteiger partial charge in [-0.05, 0) is 44.4 Å². The van der Waals surface area contributed by atoms with Crippen molar-refractivity contribution in [1.82, 2.24) is 29.8 Å². The molecule has 1 fully saturated rings. The lowest BCUT2D eigenvalue weighted by Crippen LogP contribution is -2.39. The molecule has 176 valence electrons. The quantitative estimate of drug-likeness (QED) is 0.419. The van der Waals surface area contributed by atoms with Gasteiger partial charge in [-0.2, -0.15) is 4.98 Å². The first-order valence-corrected chi connectivity index (χ1v) is 11.7. The molecule has 1 aliphatic rings. The summed E-state index contributed by atoms with van der Waals surface area (Å²) in [7, 11) is 0. The van der Waals surface area contributed by atoms with Gasteiger partial charge in [0.2, 0.25) is 5.88 Å². The number of aryl methyl sites for hydroxylation is 2. The Labute approximate surface area is 204 Å². The van der Waals surface area contributed by atoms with Crippen LogP contribution in [0, 0.1) is 13.8 Å². The van der Waals surface area contributed by atoms with E-state index in [4.69, 9.17) is 9.72 Å². The van der Waals surface area contributed by atoms with Gasteiger partial charge in [-0.1, -0.05) is 18.2 Å². The molecule has 0 aliphatic carbocycles. The number of aromatic nitrogens is 5. The van der Waals surface area contributed by atoms with Gasteiger partial charge in [0.05, 0.1) is 5.56 Å². The molecule has 1 saturated heterocycles. The minimum atomic E-state index is -0.0510. The predicted octanol–water partition coefficient (Wildman–Crippen LogP) is 4.76. The van der Waals surface area contributed by atoms with Crippen LogP contribution in [0.25, 0.3) is 11.1 Å². The number of para-hydroxylation sites is 1. The van der Waals surface area contributed by atoms with Crippen molar-refractivity contribution in [2.45, 2.75) is 32.6 Å². The monoisotopic (exact) mass is 466 g/mol. The summed E-state index contributed by atoms with van der Waals surface area (Å²) in [6, 6.07) is 11.5. The van der Waals surface area contributed by atoms with Gasteiger partial charge in [0, 0.05) is 66.7 Å². The van der Waals surface area contributed by atoms with Gasteiger partial charge in [0.15, 0.2) is 0 Å². The summed E-state index contributed by atoms with van der Waals surface area (Å²) in [5.74, 6) is 1.98. The maximum absolute atomic E-state index is 13.4. The average Bonchev–Trinajstić information content (AvgIpc) is 2.90. The van der Waals surface area contributed by atoms with Crippen molar-refractivity contribution in [2.24, 2.45) is 0 Å². The molecule has 0 N–H and O–H groups in total. The minimum absolute atomic E-state index is 0.0329. The normalized spacial score (nSPS) is 15.6. The van der Waals surface area contributed by atoms with Crippen molar-refractivity contribution >= 4 is 5.91 Å². The Kier molecular flexibility index (Phi) is 6.43. The largest absolute Gasteiger partial charge is 0.439 e. The van der Waals surface area contributed by atoms with Crippen molar-refractivity contribution in [2.75, 3.05) is 13.1 Å². The molecule has 1 unspecified atom stereocenters. The van der Waals surface area contributed by atoms with E-state index in [0.29, 0.717) is 30.4 Å². The topological polar surface area (TPSA) is 94.0 Å². The van der Waals surface area contributed by atoms with Crippen molar-refractivity contribution in [1.29, 1.82) is 0 Å². The van der Waals surface area contributed by atoms with Gasteiger partial charge in [-0.3, -0.25) is 9.78 Å². The molecular weight excluding hydrogens is 440 g/mol. The summed E-state index contributed by atoms with van der Waals surface area (Å²) in [5.41, 5.74) is 4.05. The fraction of sp³-hybridized carbons (Fsp3) is 0.259. The number of benzene rings is 1. The number of piperidine rings is 1. The van der Waals surface area contributed by atoms with E-state index in [2.05, 4.69) is 19.9 Å². The molecule has 1 atom stereocenters. The summed E-state index contributed by atoms with van der Waals surface area (Å²) >= 11 is 0. The van der Waals surface area contributed by atoms with Gasteiger partial charge in [0.25, 0.3) is 5.91 Å². The third-order valence-electron chi connectivity index (χ3n) is 6.11. The Hall–Kier alpha value is -4.20. The number of pyridine rings is 1. The fourth-order valence-electron chi connectivity index (χ4n) is 4.30. The van der Waals surface area contributed by atoms with Crippen LogP contribution in [-0.2, 0) is 0 Å². The standard InChI is InChI=1S/C27H26N6O2/c1-18-6-3-4-8-24(18)35-25-10-19(2)31-26(32-25)20-7-5-9-33(16-20)27(34)22-11-21(12-28-13-22)23-14-29-17-30-15-23/h3-4,6,8,10-15,17,20H,5,7,9,16H2,1-2H3. The Morgan fingerprint density at radius 3 is 2.60 bits per heavy atom. The number of hydrogen-bond acceptors (Lipinski definition) is 7. The van der Waals surface area contributed by atoms with Crippen LogP contribution in [0.1, 0.15) is 46.2 Å². The lowest BCUT2D eigenvalue weighted by molar-refractivity contribution is 0.0704. The molecule has 5 rings (SSSR count). The molecule has 35 heavy (non-hydrogen) atoms. The highest BCUT2D eigenvalue weighted by Gasteiger charge is 2.28. The maximum atomic E-state index is 13.4. The molecule has 0 bridgehead atoms. The highest BCUT2D eigenvalue weighted by atomic mass is 16.5. The van der Waals surface area contributed by atoms with Gasteiger partial charge < -0.3 is 9.64 Å². The van der Waals surface area contributed by atoms with E-state index in [1.807, 2.05) is 55.1 Å². The summed E-state index contributed by atoms with van der Waals surface area (Å²) in [6.45, 7) is 5.17. The number of hydrogen-bond donors (Lipinski definition) is 0. The van der Waals surface area contributed by atoms with Crippen LogP contribution in [0.4, 0.5) is 0 Å².